The Balaban J connectivity index is 2.42. The van der Waals surface area contributed by atoms with E-state index in [-0.39, 0.29) is 6.04 Å². The van der Waals surface area contributed by atoms with Crippen LogP contribution in [0.15, 0.2) is 18.2 Å². The number of aliphatic hydroxyl groups excluding tert-OH is 1. The van der Waals surface area contributed by atoms with E-state index in [9.17, 15) is 9.90 Å². The fourth-order valence-corrected chi connectivity index (χ4v) is 2.60. The van der Waals surface area contributed by atoms with Gasteiger partial charge in [0.15, 0.2) is 11.5 Å². The predicted molar refractivity (Wildman–Crippen MR) is 100 cm³/mol. The van der Waals surface area contributed by atoms with Gasteiger partial charge in [-0.2, -0.15) is 0 Å². The van der Waals surface area contributed by atoms with E-state index < -0.39 is 12.0 Å². The molecule has 0 spiro atoms. The van der Waals surface area contributed by atoms with Crippen molar-refractivity contribution in [1.82, 2.24) is 0 Å². The molecule has 5 N–H and O–H groups in total. The highest BCUT2D eigenvalue weighted by atomic mass is 16.5. The third-order valence-electron chi connectivity index (χ3n) is 4.16. The molecule has 7 heteroatoms. The van der Waals surface area contributed by atoms with E-state index in [4.69, 9.17) is 25.7 Å². The number of aliphatic hydroxyl groups is 1. The molecule has 0 aliphatic heterocycles. The molecule has 26 heavy (non-hydrogen) atoms. The summed E-state index contributed by atoms with van der Waals surface area (Å²) >= 11 is 0. The Bertz CT molecular complexity index is 539. The maximum atomic E-state index is 10.8. The molecule has 2 unspecified atom stereocenters. The van der Waals surface area contributed by atoms with Crippen LogP contribution in [0.5, 0.6) is 11.5 Å². The maximum absolute atomic E-state index is 10.8. The number of hydrogen-bond acceptors (Lipinski definition) is 6. The van der Waals surface area contributed by atoms with Crippen LogP contribution < -0.4 is 20.9 Å². The van der Waals surface area contributed by atoms with Crippen molar-refractivity contribution < 1.29 is 24.1 Å². The largest absolute Gasteiger partial charge is 0.493 e. The second kappa shape index (κ2) is 12.5. The number of carbonyl (C=O) groups is 1. The Morgan fingerprint density at radius 2 is 1.88 bits per heavy atom. The monoisotopic (exact) mass is 368 g/mol. The molecule has 0 bridgehead atoms. The molecule has 0 aliphatic rings. The van der Waals surface area contributed by atoms with Crippen LogP contribution in [0.3, 0.4) is 0 Å². The molecule has 1 rings (SSSR count). The number of methoxy groups -OCH3 is 2. The molecule has 148 valence electrons. The van der Waals surface area contributed by atoms with Crippen LogP contribution in [-0.2, 0) is 16.0 Å². The Hall–Kier alpha value is -1.83. The van der Waals surface area contributed by atoms with Crippen LogP contribution in [0.2, 0.25) is 0 Å². The maximum Gasteiger partial charge on any atom is 0.246 e. The lowest BCUT2D eigenvalue weighted by Crippen LogP contribution is -2.30. The fraction of sp³-hybridized carbons (Fsp3) is 0.632. The Morgan fingerprint density at radius 3 is 2.54 bits per heavy atom. The van der Waals surface area contributed by atoms with Gasteiger partial charge in [-0.1, -0.05) is 6.07 Å². The van der Waals surface area contributed by atoms with E-state index >= 15 is 0 Å². The molecule has 1 aromatic carbocycles. The minimum atomic E-state index is -1.11. The smallest absolute Gasteiger partial charge is 0.246 e. The van der Waals surface area contributed by atoms with Crippen LogP contribution in [-0.4, -0.2) is 50.6 Å². The average Bonchev–Trinajstić information content (AvgIpc) is 2.63. The molecule has 0 fully saturated rings. The molecule has 0 saturated carbocycles. The zero-order valence-electron chi connectivity index (χ0n) is 15.8. The van der Waals surface area contributed by atoms with Crippen molar-refractivity contribution in [2.45, 2.75) is 50.7 Å². The predicted octanol–water partition coefficient (Wildman–Crippen LogP) is 1.39. The highest BCUT2D eigenvalue weighted by Gasteiger charge is 2.13. The van der Waals surface area contributed by atoms with Gasteiger partial charge in [0.1, 0.15) is 6.10 Å². The molecular weight excluding hydrogens is 336 g/mol. The first-order valence-corrected chi connectivity index (χ1v) is 8.99. The highest BCUT2D eigenvalue weighted by Crippen LogP contribution is 2.29. The fourth-order valence-electron chi connectivity index (χ4n) is 2.60. The quantitative estimate of drug-likeness (QED) is 0.427. The first kappa shape index (κ1) is 22.2. The van der Waals surface area contributed by atoms with Gasteiger partial charge in [-0.3, -0.25) is 4.79 Å². The Morgan fingerprint density at radius 1 is 1.12 bits per heavy atom. The van der Waals surface area contributed by atoms with Crippen molar-refractivity contribution >= 4 is 5.91 Å². The summed E-state index contributed by atoms with van der Waals surface area (Å²) in [6.07, 6.45) is 3.16. The average molecular weight is 368 g/mol. The standard InChI is InChI=1S/C19H32N2O5/c1-24-11-4-12-26-18-13-14(7-10-17(18)25-2)5-3-6-15(20)8-9-16(22)19(21)23/h7,10,13,15-16,22H,3-6,8-9,11-12,20H2,1-2H3,(H2,21,23). The van der Waals surface area contributed by atoms with Crippen LogP contribution in [0.1, 0.15) is 37.7 Å². The number of carbonyl (C=O) groups excluding carboxylic acids is 1. The van der Waals surface area contributed by atoms with Gasteiger partial charge in [-0.05, 0) is 49.8 Å². The molecular formula is C19H32N2O5. The summed E-state index contributed by atoms with van der Waals surface area (Å²) in [5.74, 6) is 0.742. The summed E-state index contributed by atoms with van der Waals surface area (Å²) in [6, 6.07) is 5.86. The van der Waals surface area contributed by atoms with Gasteiger partial charge >= 0.3 is 0 Å². The van der Waals surface area contributed by atoms with Gasteiger partial charge in [0.05, 0.1) is 13.7 Å². The molecule has 0 aromatic heterocycles. The lowest BCUT2D eigenvalue weighted by atomic mass is 10.0. The summed E-state index contributed by atoms with van der Waals surface area (Å²) < 4.78 is 16.1. The topological polar surface area (TPSA) is 117 Å². The summed E-state index contributed by atoms with van der Waals surface area (Å²) in [5.41, 5.74) is 12.2. The SMILES string of the molecule is COCCCOc1cc(CCCC(N)CCC(O)C(N)=O)ccc1OC. The van der Waals surface area contributed by atoms with Crippen molar-refractivity contribution in [3.05, 3.63) is 23.8 Å². The van der Waals surface area contributed by atoms with Gasteiger partial charge in [0.2, 0.25) is 5.91 Å². The number of rotatable bonds is 14. The molecule has 0 aliphatic carbocycles. The third-order valence-corrected chi connectivity index (χ3v) is 4.16. The minimum Gasteiger partial charge on any atom is -0.493 e. The number of primary amides is 1. The lowest BCUT2D eigenvalue weighted by molar-refractivity contribution is -0.126. The van der Waals surface area contributed by atoms with E-state index in [1.54, 1.807) is 14.2 Å². The van der Waals surface area contributed by atoms with E-state index in [1.165, 1.54) is 0 Å². The van der Waals surface area contributed by atoms with Crippen LogP contribution in [0.4, 0.5) is 0 Å². The van der Waals surface area contributed by atoms with Gasteiger partial charge in [-0.25, -0.2) is 0 Å². The molecule has 7 nitrogen and oxygen atoms in total. The zero-order chi connectivity index (χ0) is 19.4. The van der Waals surface area contributed by atoms with Gasteiger partial charge in [0.25, 0.3) is 0 Å². The molecule has 0 saturated heterocycles. The number of hydrogen-bond donors (Lipinski definition) is 3. The summed E-state index contributed by atoms with van der Waals surface area (Å²) in [4.78, 5) is 10.8. The Labute approximate surface area is 155 Å². The van der Waals surface area contributed by atoms with Crippen molar-refractivity contribution in [3.8, 4) is 11.5 Å². The summed E-state index contributed by atoms with van der Waals surface area (Å²) in [5, 5.41) is 9.40. The first-order chi connectivity index (χ1) is 12.5. The van der Waals surface area contributed by atoms with E-state index in [1.807, 2.05) is 18.2 Å². The highest BCUT2D eigenvalue weighted by molar-refractivity contribution is 5.78. The number of ether oxygens (including phenoxy) is 3. The zero-order valence-corrected chi connectivity index (χ0v) is 15.8. The Kier molecular flexibility index (Phi) is 10.7. The van der Waals surface area contributed by atoms with Crippen LogP contribution >= 0.6 is 0 Å². The van der Waals surface area contributed by atoms with Crippen molar-refractivity contribution in [2.24, 2.45) is 11.5 Å². The normalized spacial score (nSPS) is 13.2. The lowest BCUT2D eigenvalue weighted by Gasteiger charge is -2.14. The molecule has 1 aromatic rings. The molecule has 0 radical (unpaired) electrons. The molecule has 2 atom stereocenters. The number of amides is 1. The number of nitrogens with two attached hydrogens (primary N) is 2. The second-order valence-corrected chi connectivity index (χ2v) is 6.33. The van der Waals surface area contributed by atoms with Crippen LogP contribution in [0.25, 0.3) is 0 Å². The van der Waals surface area contributed by atoms with Crippen molar-refractivity contribution in [3.63, 3.8) is 0 Å². The van der Waals surface area contributed by atoms with Crippen LogP contribution in [0, 0.1) is 0 Å². The molecule has 1 amide bonds. The van der Waals surface area contributed by atoms with Crippen molar-refractivity contribution in [2.75, 3.05) is 27.4 Å². The summed E-state index contributed by atoms with van der Waals surface area (Å²) in [6.45, 7) is 1.23. The van der Waals surface area contributed by atoms with Gasteiger partial charge in [0, 0.05) is 26.2 Å². The second-order valence-electron chi connectivity index (χ2n) is 6.33. The summed E-state index contributed by atoms with van der Waals surface area (Å²) in [7, 11) is 3.29. The first-order valence-electron chi connectivity index (χ1n) is 8.99. The van der Waals surface area contributed by atoms with Gasteiger partial charge in [-0.15, -0.1) is 0 Å². The minimum absolute atomic E-state index is 0.0630. The van der Waals surface area contributed by atoms with E-state index in [2.05, 4.69) is 0 Å². The number of aryl methyl sites for hydroxylation is 1. The van der Waals surface area contributed by atoms with E-state index in [0.717, 1.165) is 37.0 Å². The third kappa shape index (κ3) is 8.51. The van der Waals surface area contributed by atoms with Gasteiger partial charge < -0.3 is 30.8 Å². The number of benzene rings is 1. The van der Waals surface area contributed by atoms with Crippen molar-refractivity contribution in [1.29, 1.82) is 0 Å². The van der Waals surface area contributed by atoms with E-state index in [0.29, 0.717) is 31.8 Å². The molecule has 0 heterocycles.